The summed E-state index contributed by atoms with van der Waals surface area (Å²) >= 11 is 0. The first kappa shape index (κ1) is 15.9. The second kappa shape index (κ2) is 6.31. The number of anilines is 1. The number of methoxy groups -OCH3 is 1. The van der Waals surface area contributed by atoms with Crippen molar-refractivity contribution in [2.45, 2.75) is 24.8 Å². The van der Waals surface area contributed by atoms with Crippen LogP contribution in [-0.2, 0) is 14.8 Å². The lowest BCUT2D eigenvalue weighted by Gasteiger charge is -2.21. The van der Waals surface area contributed by atoms with Crippen molar-refractivity contribution >= 4 is 15.7 Å². The summed E-state index contributed by atoms with van der Waals surface area (Å²) in [5.41, 5.74) is 5.23. The van der Waals surface area contributed by atoms with E-state index in [-0.39, 0.29) is 29.1 Å². The summed E-state index contributed by atoms with van der Waals surface area (Å²) in [5, 5.41) is 0. The van der Waals surface area contributed by atoms with E-state index in [1.54, 1.807) is 0 Å². The first-order valence-electron chi connectivity index (χ1n) is 5.84. The van der Waals surface area contributed by atoms with Crippen LogP contribution in [0.15, 0.2) is 23.1 Å². The Labute approximate surface area is 113 Å². The fourth-order valence-electron chi connectivity index (χ4n) is 1.48. The Morgan fingerprint density at radius 2 is 2.05 bits per heavy atom. The van der Waals surface area contributed by atoms with E-state index in [0.717, 1.165) is 6.07 Å². The SMILES string of the molecule is COCC(NS(=O)(=O)c1ccc(N)c(F)c1)C(C)C. The third kappa shape index (κ3) is 4.15. The van der Waals surface area contributed by atoms with E-state index < -0.39 is 15.8 Å². The van der Waals surface area contributed by atoms with Crippen molar-refractivity contribution in [1.82, 2.24) is 4.72 Å². The minimum Gasteiger partial charge on any atom is -0.396 e. The van der Waals surface area contributed by atoms with Gasteiger partial charge in [-0.3, -0.25) is 0 Å². The van der Waals surface area contributed by atoms with Gasteiger partial charge < -0.3 is 10.5 Å². The highest BCUT2D eigenvalue weighted by molar-refractivity contribution is 7.89. The van der Waals surface area contributed by atoms with Crippen molar-refractivity contribution < 1.29 is 17.5 Å². The molecule has 0 saturated heterocycles. The third-order valence-corrected chi connectivity index (χ3v) is 4.23. The largest absolute Gasteiger partial charge is 0.396 e. The zero-order valence-electron chi connectivity index (χ0n) is 11.2. The lowest BCUT2D eigenvalue weighted by atomic mass is 10.1. The quantitative estimate of drug-likeness (QED) is 0.775. The Hall–Kier alpha value is -1.18. The van der Waals surface area contributed by atoms with Crippen LogP contribution in [-0.4, -0.2) is 28.2 Å². The molecule has 0 amide bonds. The molecule has 0 spiro atoms. The molecule has 1 aromatic rings. The van der Waals surface area contributed by atoms with E-state index in [0.29, 0.717) is 0 Å². The summed E-state index contributed by atoms with van der Waals surface area (Å²) in [7, 11) is -2.30. The van der Waals surface area contributed by atoms with Crippen LogP contribution in [0.3, 0.4) is 0 Å². The number of hydrogen-bond acceptors (Lipinski definition) is 4. The molecule has 1 atom stereocenters. The van der Waals surface area contributed by atoms with Gasteiger partial charge in [-0.05, 0) is 24.1 Å². The van der Waals surface area contributed by atoms with E-state index in [2.05, 4.69) is 4.72 Å². The predicted molar refractivity (Wildman–Crippen MR) is 71.6 cm³/mol. The molecule has 1 unspecified atom stereocenters. The Morgan fingerprint density at radius 1 is 1.42 bits per heavy atom. The van der Waals surface area contributed by atoms with Gasteiger partial charge in [-0.15, -0.1) is 0 Å². The molecule has 3 N–H and O–H groups in total. The first-order chi connectivity index (χ1) is 8.77. The van der Waals surface area contributed by atoms with Crippen molar-refractivity contribution in [3.8, 4) is 0 Å². The Bertz CT molecular complexity index is 532. The number of nitrogens with one attached hydrogen (secondary N) is 1. The van der Waals surface area contributed by atoms with Crippen LogP contribution in [0, 0.1) is 11.7 Å². The van der Waals surface area contributed by atoms with Crippen molar-refractivity contribution in [2.75, 3.05) is 19.5 Å². The molecule has 5 nitrogen and oxygen atoms in total. The number of hydrogen-bond donors (Lipinski definition) is 2. The van der Waals surface area contributed by atoms with Crippen molar-refractivity contribution in [3.05, 3.63) is 24.0 Å². The van der Waals surface area contributed by atoms with Crippen LogP contribution in [0.25, 0.3) is 0 Å². The van der Waals surface area contributed by atoms with Gasteiger partial charge in [0.15, 0.2) is 0 Å². The number of ether oxygens (including phenoxy) is 1. The molecule has 7 heteroatoms. The van der Waals surface area contributed by atoms with Crippen LogP contribution in [0.1, 0.15) is 13.8 Å². The van der Waals surface area contributed by atoms with Crippen LogP contribution >= 0.6 is 0 Å². The van der Waals surface area contributed by atoms with Crippen molar-refractivity contribution in [3.63, 3.8) is 0 Å². The van der Waals surface area contributed by atoms with E-state index in [9.17, 15) is 12.8 Å². The summed E-state index contributed by atoms with van der Waals surface area (Å²) in [6.07, 6.45) is 0. The second-order valence-corrected chi connectivity index (χ2v) is 6.32. The normalized spacial score (nSPS) is 13.7. The summed E-state index contributed by atoms with van der Waals surface area (Å²) in [4.78, 5) is -0.152. The molecule has 0 heterocycles. The van der Waals surface area contributed by atoms with Gasteiger partial charge in [0, 0.05) is 13.2 Å². The van der Waals surface area contributed by atoms with Gasteiger partial charge in [0.25, 0.3) is 0 Å². The van der Waals surface area contributed by atoms with Gasteiger partial charge in [-0.1, -0.05) is 13.8 Å². The molecule has 19 heavy (non-hydrogen) atoms. The van der Waals surface area contributed by atoms with Gasteiger partial charge in [-0.25, -0.2) is 17.5 Å². The molecule has 0 fully saturated rings. The summed E-state index contributed by atoms with van der Waals surface area (Å²) in [6.45, 7) is 3.99. The van der Waals surface area contributed by atoms with Crippen LogP contribution in [0.2, 0.25) is 0 Å². The first-order valence-corrected chi connectivity index (χ1v) is 7.32. The summed E-state index contributed by atoms with van der Waals surface area (Å²) < 4.78 is 45.0. The number of nitrogens with two attached hydrogens (primary N) is 1. The van der Waals surface area contributed by atoms with Crippen molar-refractivity contribution in [2.24, 2.45) is 5.92 Å². The molecule has 0 bridgehead atoms. The van der Waals surface area contributed by atoms with E-state index in [1.807, 2.05) is 13.8 Å². The van der Waals surface area contributed by atoms with Gasteiger partial charge in [0.2, 0.25) is 10.0 Å². The average Bonchev–Trinajstić information content (AvgIpc) is 2.31. The highest BCUT2D eigenvalue weighted by Gasteiger charge is 2.23. The number of sulfonamides is 1. The maximum absolute atomic E-state index is 13.3. The molecule has 1 rings (SSSR count). The maximum Gasteiger partial charge on any atom is 0.241 e. The lowest BCUT2D eigenvalue weighted by Crippen LogP contribution is -2.41. The molecule has 108 valence electrons. The zero-order valence-corrected chi connectivity index (χ0v) is 12.0. The van der Waals surface area contributed by atoms with Crippen LogP contribution in [0.5, 0.6) is 0 Å². The standard InChI is InChI=1S/C12H19FN2O3S/c1-8(2)12(7-18-3)15-19(16,17)9-4-5-11(14)10(13)6-9/h4-6,8,12,15H,7,14H2,1-3H3. The summed E-state index contributed by atoms with van der Waals surface area (Å²) in [5.74, 6) is -0.705. The molecule has 0 aliphatic heterocycles. The molecular weight excluding hydrogens is 271 g/mol. The number of rotatable bonds is 6. The Balaban J connectivity index is 2.99. The molecular formula is C12H19FN2O3S. The summed E-state index contributed by atoms with van der Waals surface area (Å²) in [6, 6.07) is 3.02. The molecule has 0 aliphatic carbocycles. The zero-order chi connectivity index (χ0) is 14.6. The monoisotopic (exact) mass is 290 g/mol. The van der Waals surface area contributed by atoms with Crippen LogP contribution in [0.4, 0.5) is 10.1 Å². The molecule has 1 aromatic carbocycles. The fraction of sp³-hybridized carbons (Fsp3) is 0.500. The minimum atomic E-state index is -3.79. The lowest BCUT2D eigenvalue weighted by molar-refractivity contribution is 0.157. The maximum atomic E-state index is 13.3. The van der Waals surface area contributed by atoms with Gasteiger partial charge in [0.05, 0.1) is 17.2 Å². The van der Waals surface area contributed by atoms with E-state index in [1.165, 1.54) is 19.2 Å². The molecule has 0 aliphatic rings. The number of halogens is 1. The second-order valence-electron chi connectivity index (χ2n) is 4.61. The molecule has 0 radical (unpaired) electrons. The number of benzene rings is 1. The average molecular weight is 290 g/mol. The highest BCUT2D eigenvalue weighted by Crippen LogP contribution is 2.17. The third-order valence-electron chi connectivity index (χ3n) is 2.74. The number of nitrogen functional groups attached to an aromatic ring is 1. The minimum absolute atomic E-state index is 0.0494. The van der Waals surface area contributed by atoms with Gasteiger partial charge in [0.1, 0.15) is 5.82 Å². The van der Waals surface area contributed by atoms with E-state index >= 15 is 0 Å². The highest BCUT2D eigenvalue weighted by atomic mass is 32.2. The van der Waals surface area contributed by atoms with Crippen LogP contribution < -0.4 is 10.5 Å². The fourth-order valence-corrected chi connectivity index (χ4v) is 2.87. The van der Waals surface area contributed by atoms with Gasteiger partial charge >= 0.3 is 0 Å². The smallest absolute Gasteiger partial charge is 0.241 e. The Kier molecular flexibility index (Phi) is 5.28. The molecule has 0 saturated carbocycles. The predicted octanol–water partition coefficient (Wildman–Crippen LogP) is 1.36. The van der Waals surface area contributed by atoms with Crippen molar-refractivity contribution in [1.29, 1.82) is 0 Å². The van der Waals surface area contributed by atoms with E-state index in [4.69, 9.17) is 10.5 Å². The van der Waals surface area contributed by atoms with Gasteiger partial charge in [-0.2, -0.15) is 0 Å². The molecule has 0 aromatic heterocycles. The topological polar surface area (TPSA) is 81.4 Å². The Morgan fingerprint density at radius 3 is 2.53 bits per heavy atom.